The number of anilines is 1. The van der Waals surface area contributed by atoms with Crippen LogP contribution in [0, 0.1) is 11.3 Å². The molecule has 0 spiro atoms. The second-order valence-electron chi connectivity index (χ2n) is 7.94. The highest BCUT2D eigenvalue weighted by atomic mass is 16.5. The molecule has 0 saturated heterocycles. The number of pyridine rings is 1. The summed E-state index contributed by atoms with van der Waals surface area (Å²) in [5.74, 6) is 0.965. The van der Waals surface area contributed by atoms with E-state index < -0.39 is 0 Å². The van der Waals surface area contributed by atoms with E-state index in [1.165, 1.54) is 0 Å². The van der Waals surface area contributed by atoms with E-state index >= 15 is 0 Å². The molecular formula is C25H21N3O3. The average molecular weight is 411 g/mol. The minimum Gasteiger partial charge on any atom is -0.491 e. The third-order valence-corrected chi connectivity index (χ3v) is 6.15. The number of aromatic nitrogens is 1. The number of amides is 1. The first kappa shape index (κ1) is 19.1. The SMILES string of the molecule is COc1cc(-c2ccc3c(c2)CN(c2cccc(C4(C#N)CC4)c2)C3=O)cnc1OC. The predicted octanol–water partition coefficient (Wildman–Crippen LogP) is 4.48. The van der Waals surface area contributed by atoms with Gasteiger partial charge in [-0.3, -0.25) is 4.79 Å². The summed E-state index contributed by atoms with van der Waals surface area (Å²) in [6.07, 6.45) is 3.49. The lowest BCUT2D eigenvalue weighted by molar-refractivity contribution is 0.0996. The van der Waals surface area contributed by atoms with Gasteiger partial charge in [0.25, 0.3) is 11.8 Å². The molecule has 2 aliphatic rings. The van der Waals surface area contributed by atoms with Crippen molar-refractivity contribution in [3.8, 4) is 28.8 Å². The van der Waals surface area contributed by atoms with Crippen molar-refractivity contribution >= 4 is 11.6 Å². The number of benzene rings is 2. The molecule has 2 aromatic carbocycles. The molecule has 1 saturated carbocycles. The highest BCUT2D eigenvalue weighted by Crippen LogP contribution is 2.48. The molecule has 0 atom stereocenters. The molecule has 6 nitrogen and oxygen atoms in total. The number of carbonyl (C=O) groups is 1. The first-order valence-electron chi connectivity index (χ1n) is 10.1. The second kappa shape index (κ2) is 7.13. The van der Waals surface area contributed by atoms with Gasteiger partial charge in [0.15, 0.2) is 5.75 Å². The Hall–Kier alpha value is -3.85. The van der Waals surface area contributed by atoms with Gasteiger partial charge in [0.05, 0.1) is 32.2 Å². The molecule has 3 aromatic rings. The van der Waals surface area contributed by atoms with Gasteiger partial charge in [-0.15, -0.1) is 0 Å². The van der Waals surface area contributed by atoms with Gasteiger partial charge in [-0.25, -0.2) is 4.98 Å². The van der Waals surface area contributed by atoms with Crippen LogP contribution in [0.1, 0.15) is 34.3 Å². The molecule has 31 heavy (non-hydrogen) atoms. The Kier molecular flexibility index (Phi) is 4.40. The lowest BCUT2D eigenvalue weighted by Crippen LogP contribution is -2.23. The quantitative estimate of drug-likeness (QED) is 0.619. The van der Waals surface area contributed by atoms with Crippen LogP contribution in [0.25, 0.3) is 11.1 Å². The molecule has 1 amide bonds. The summed E-state index contributed by atoms with van der Waals surface area (Å²) in [5.41, 5.74) is 4.95. The van der Waals surface area contributed by atoms with Crippen LogP contribution in [-0.4, -0.2) is 25.1 Å². The lowest BCUT2D eigenvalue weighted by Gasteiger charge is -2.18. The average Bonchev–Trinajstić information content (AvgIpc) is 3.56. The molecule has 0 unspecified atom stereocenters. The second-order valence-corrected chi connectivity index (χ2v) is 7.94. The number of ether oxygens (including phenoxy) is 2. The molecule has 6 heteroatoms. The molecule has 154 valence electrons. The summed E-state index contributed by atoms with van der Waals surface area (Å²) in [5, 5.41) is 9.52. The Labute approximate surface area is 180 Å². The molecule has 2 heterocycles. The highest BCUT2D eigenvalue weighted by Gasteiger charge is 2.45. The van der Waals surface area contributed by atoms with E-state index in [4.69, 9.17) is 9.47 Å². The fourth-order valence-corrected chi connectivity index (χ4v) is 4.16. The maximum Gasteiger partial charge on any atom is 0.258 e. The zero-order valence-electron chi connectivity index (χ0n) is 17.4. The molecule has 1 fully saturated rings. The van der Waals surface area contributed by atoms with Crippen LogP contribution in [-0.2, 0) is 12.0 Å². The van der Waals surface area contributed by atoms with Crippen molar-refractivity contribution < 1.29 is 14.3 Å². The van der Waals surface area contributed by atoms with Crippen molar-refractivity contribution in [1.82, 2.24) is 4.98 Å². The van der Waals surface area contributed by atoms with E-state index in [0.29, 0.717) is 23.7 Å². The first-order chi connectivity index (χ1) is 15.1. The molecule has 1 aliphatic heterocycles. The first-order valence-corrected chi connectivity index (χ1v) is 10.1. The molecular weight excluding hydrogens is 390 g/mol. The van der Waals surface area contributed by atoms with Crippen LogP contribution < -0.4 is 14.4 Å². The number of methoxy groups -OCH3 is 2. The zero-order chi connectivity index (χ0) is 21.6. The Balaban J connectivity index is 1.46. The monoisotopic (exact) mass is 411 g/mol. The minimum atomic E-state index is -0.376. The van der Waals surface area contributed by atoms with Gasteiger partial charge >= 0.3 is 0 Å². The van der Waals surface area contributed by atoms with E-state index in [2.05, 4.69) is 11.1 Å². The molecule has 0 radical (unpaired) electrons. The Bertz CT molecular complexity index is 1240. The van der Waals surface area contributed by atoms with Gasteiger partial charge < -0.3 is 14.4 Å². The number of hydrogen-bond donors (Lipinski definition) is 0. The van der Waals surface area contributed by atoms with E-state index in [1.54, 1.807) is 25.3 Å². The number of nitrogens with zero attached hydrogens (tertiary/aromatic N) is 3. The summed E-state index contributed by atoms with van der Waals surface area (Å²) in [6, 6.07) is 18.0. The fourth-order valence-electron chi connectivity index (χ4n) is 4.16. The van der Waals surface area contributed by atoms with Gasteiger partial charge in [0, 0.05) is 23.0 Å². The number of fused-ring (bicyclic) bond motifs is 1. The van der Waals surface area contributed by atoms with E-state index in [-0.39, 0.29) is 11.3 Å². The molecule has 0 bridgehead atoms. The van der Waals surface area contributed by atoms with E-state index in [0.717, 1.165) is 40.8 Å². The van der Waals surface area contributed by atoms with Crippen LogP contribution in [0.2, 0.25) is 0 Å². The van der Waals surface area contributed by atoms with Crippen molar-refractivity contribution in [1.29, 1.82) is 5.26 Å². The van der Waals surface area contributed by atoms with Crippen molar-refractivity contribution in [2.24, 2.45) is 0 Å². The fraction of sp³-hybridized carbons (Fsp3) is 0.240. The number of carbonyl (C=O) groups excluding carboxylic acids is 1. The van der Waals surface area contributed by atoms with Gasteiger partial charge in [-0.2, -0.15) is 5.26 Å². The Morgan fingerprint density at radius 1 is 1.06 bits per heavy atom. The van der Waals surface area contributed by atoms with Crippen molar-refractivity contribution in [3.63, 3.8) is 0 Å². The third kappa shape index (κ3) is 3.10. The van der Waals surface area contributed by atoms with E-state index in [9.17, 15) is 10.1 Å². The number of rotatable bonds is 5. The zero-order valence-corrected chi connectivity index (χ0v) is 17.4. The summed E-state index contributed by atoms with van der Waals surface area (Å²) in [7, 11) is 3.13. The third-order valence-electron chi connectivity index (χ3n) is 6.15. The van der Waals surface area contributed by atoms with Crippen LogP contribution in [0.5, 0.6) is 11.6 Å². The Morgan fingerprint density at radius 3 is 2.61 bits per heavy atom. The van der Waals surface area contributed by atoms with Crippen LogP contribution in [0.4, 0.5) is 5.69 Å². The van der Waals surface area contributed by atoms with Gasteiger partial charge in [0.2, 0.25) is 0 Å². The summed E-state index contributed by atoms with van der Waals surface area (Å²) >= 11 is 0. The largest absolute Gasteiger partial charge is 0.491 e. The normalized spacial score (nSPS) is 15.9. The summed E-state index contributed by atoms with van der Waals surface area (Å²) in [4.78, 5) is 19.2. The van der Waals surface area contributed by atoms with Crippen LogP contribution in [0.3, 0.4) is 0 Å². The molecule has 5 rings (SSSR count). The number of hydrogen-bond acceptors (Lipinski definition) is 5. The highest BCUT2D eigenvalue weighted by molar-refractivity contribution is 6.10. The molecule has 1 aliphatic carbocycles. The van der Waals surface area contributed by atoms with Gasteiger partial charge in [-0.1, -0.05) is 18.2 Å². The maximum atomic E-state index is 13.1. The van der Waals surface area contributed by atoms with Crippen molar-refractivity contribution in [2.75, 3.05) is 19.1 Å². The van der Waals surface area contributed by atoms with Crippen molar-refractivity contribution in [3.05, 3.63) is 71.4 Å². The molecule has 1 aromatic heterocycles. The van der Waals surface area contributed by atoms with Crippen LogP contribution in [0.15, 0.2) is 54.7 Å². The number of nitriles is 1. The molecule has 0 N–H and O–H groups in total. The van der Waals surface area contributed by atoms with Crippen molar-refractivity contribution in [2.45, 2.75) is 24.8 Å². The predicted molar refractivity (Wildman–Crippen MR) is 116 cm³/mol. The summed E-state index contributed by atoms with van der Waals surface area (Å²) in [6.45, 7) is 0.492. The van der Waals surface area contributed by atoms with E-state index in [1.807, 2.05) is 48.5 Å². The van der Waals surface area contributed by atoms with Gasteiger partial charge in [0.1, 0.15) is 0 Å². The Morgan fingerprint density at radius 2 is 1.90 bits per heavy atom. The minimum absolute atomic E-state index is 0.0223. The standard InChI is InChI=1S/C25H21N3O3/c1-30-22-11-17(13-27-23(22)31-2)16-6-7-21-18(10-16)14-28(24(21)29)20-5-3-4-19(12-20)25(15-26)8-9-25/h3-7,10-13H,8-9,14H2,1-2H3. The topological polar surface area (TPSA) is 75.5 Å². The van der Waals surface area contributed by atoms with Crippen LogP contribution >= 0.6 is 0 Å². The maximum absolute atomic E-state index is 13.1. The smallest absolute Gasteiger partial charge is 0.258 e. The summed E-state index contributed by atoms with van der Waals surface area (Å²) < 4.78 is 10.6. The lowest BCUT2D eigenvalue weighted by atomic mass is 9.97. The van der Waals surface area contributed by atoms with Gasteiger partial charge in [-0.05, 0) is 59.9 Å².